The fourth-order valence-corrected chi connectivity index (χ4v) is 2.42. The number of nitro benzene ring substituents is 2. The monoisotopic (exact) mass is 335 g/mol. The Bertz CT molecular complexity index is 925. The van der Waals surface area contributed by atoms with E-state index in [4.69, 9.17) is 0 Å². The van der Waals surface area contributed by atoms with Gasteiger partial charge in [-0.1, -0.05) is 42.5 Å². The minimum Gasteiger partial charge on any atom is -0.350 e. The number of hydrogen-bond acceptors (Lipinski definition) is 5. The molecule has 0 radical (unpaired) electrons. The van der Waals surface area contributed by atoms with Crippen molar-refractivity contribution in [3.8, 4) is 11.1 Å². The van der Waals surface area contributed by atoms with Crippen LogP contribution in [0, 0.1) is 20.2 Å². The second-order valence-corrected chi connectivity index (χ2v) is 5.28. The highest BCUT2D eigenvalue weighted by Crippen LogP contribution is 2.32. The Morgan fingerprint density at radius 2 is 1.36 bits per heavy atom. The normalized spacial score (nSPS) is 10.2. The van der Waals surface area contributed by atoms with Crippen LogP contribution in [0.25, 0.3) is 11.1 Å². The van der Waals surface area contributed by atoms with Gasteiger partial charge in [-0.3, -0.25) is 20.2 Å². The summed E-state index contributed by atoms with van der Waals surface area (Å²) >= 11 is 0. The van der Waals surface area contributed by atoms with E-state index in [-0.39, 0.29) is 17.1 Å². The van der Waals surface area contributed by atoms with Crippen molar-refractivity contribution in [2.75, 3.05) is 5.32 Å². The van der Waals surface area contributed by atoms with E-state index in [0.717, 1.165) is 17.2 Å². The molecule has 0 amide bonds. The Balaban J connectivity index is 1.87. The van der Waals surface area contributed by atoms with Crippen molar-refractivity contribution in [2.24, 2.45) is 0 Å². The summed E-state index contributed by atoms with van der Waals surface area (Å²) < 4.78 is 0. The van der Waals surface area contributed by atoms with Gasteiger partial charge in [0.2, 0.25) is 0 Å². The lowest BCUT2D eigenvalue weighted by Gasteiger charge is -2.08. The molecule has 0 bridgehead atoms. The van der Waals surface area contributed by atoms with Crippen molar-refractivity contribution in [3.05, 3.63) is 93.0 Å². The molecule has 0 aliphatic carbocycles. The molecule has 0 aliphatic rings. The topological polar surface area (TPSA) is 98.3 Å². The number of nitrogens with one attached hydrogen (secondary N) is 1. The molecule has 0 saturated heterocycles. The maximum Gasteiger partial charge on any atom is 0.299 e. The molecule has 0 fully saturated rings. The Kier molecular flexibility index (Phi) is 4.38. The van der Waals surface area contributed by atoms with Crippen LogP contribution in [-0.2, 0) is 0 Å². The SMILES string of the molecule is O=[N+]([O-])c1ccc(Nc2ccc(-c3ccccc3)cc2)c([N+](=O)[O-])c1. The summed E-state index contributed by atoms with van der Waals surface area (Å²) in [5, 5.41) is 24.9. The first kappa shape index (κ1) is 16.1. The van der Waals surface area contributed by atoms with Gasteiger partial charge in [0.25, 0.3) is 11.4 Å². The molecule has 0 spiro atoms. The van der Waals surface area contributed by atoms with E-state index in [0.29, 0.717) is 5.69 Å². The van der Waals surface area contributed by atoms with Gasteiger partial charge in [-0.25, -0.2) is 0 Å². The second kappa shape index (κ2) is 6.79. The van der Waals surface area contributed by atoms with Crippen LogP contribution in [0.4, 0.5) is 22.7 Å². The number of nitro groups is 2. The van der Waals surface area contributed by atoms with Gasteiger partial charge >= 0.3 is 0 Å². The van der Waals surface area contributed by atoms with Crippen molar-refractivity contribution < 1.29 is 9.85 Å². The van der Waals surface area contributed by atoms with Gasteiger partial charge in [-0.05, 0) is 29.3 Å². The lowest BCUT2D eigenvalue weighted by atomic mass is 10.1. The van der Waals surface area contributed by atoms with E-state index in [2.05, 4.69) is 5.32 Å². The number of hydrogen-bond donors (Lipinski definition) is 1. The number of benzene rings is 3. The largest absolute Gasteiger partial charge is 0.350 e. The lowest BCUT2D eigenvalue weighted by molar-refractivity contribution is -0.393. The Hall–Kier alpha value is -3.74. The molecule has 7 heteroatoms. The van der Waals surface area contributed by atoms with E-state index < -0.39 is 9.85 Å². The van der Waals surface area contributed by atoms with Gasteiger partial charge in [0.1, 0.15) is 5.69 Å². The first-order valence-electron chi connectivity index (χ1n) is 7.40. The molecule has 25 heavy (non-hydrogen) atoms. The highest BCUT2D eigenvalue weighted by atomic mass is 16.6. The average molecular weight is 335 g/mol. The third-order valence-corrected chi connectivity index (χ3v) is 3.66. The molecule has 0 aromatic heterocycles. The summed E-state index contributed by atoms with van der Waals surface area (Å²) in [6.45, 7) is 0. The van der Waals surface area contributed by atoms with Crippen LogP contribution >= 0.6 is 0 Å². The van der Waals surface area contributed by atoms with E-state index >= 15 is 0 Å². The first-order valence-corrected chi connectivity index (χ1v) is 7.40. The maximum atomic E-state index is 11.2. The van der Waals surface area contributed by atoms with Crippen LogP contribution in [-0.4, -0.2) is 9.85 Å². The predicted octanol–water partition coefficient (Wildman–Crippen LogP) is 4.91. The Morgan fingerprint density at radius 3 is 1.96 bits per heavy atom. The maximum absolute atomic E-state index is 11.2. The zero-order valence-electron chi connectivity index (χ0n) is 13.0. The summed E-state index contributed by atoms with van der Waals surface area (Å²) in [5.41, 5.74) is 2.26. The molecule has 0 heterocycles. The van der Waals surface area contributed by atoms with E-state index in [9.17, 15) is 20.2 Å². The van der Waals surface area contributed by atoms with Crippen molar-refractivity contribution >= 4 is 22.7 Å². The van der Waals surface area contributed by atoms with Crippen LogP contribution in [0.1, 0.15) is 0 Å². The fraction of sp³-hybridized carbons (Fsp3) is 0. The molecule has 0 unspecified atom stereocenters. The molecule has 7 nitrogen and oxygen atoms in total. The number of nitrogens with zero attached hydrogens (tertiary/aromatic N) is 2. The Morgan fingerprint density at radius 1 is 0.720 bits per heavy atom. The van der Waals surface area contributed by atoms with Gasteiger partial charge < -0.3 is 5.32 Å². The minimum atomic E-state index is -0.661. The van der Waals surface area contributed by atoms with Crippen molar-refractivity contribution in [2.45, 2.75) is 0 Å². The number of rotatable bonds is 5. The van der Waals surface area contributed by atoms with E-state index in [1.807, 2.05) is 42.5 Å². The highest BCUT2D eigenvalue weighted by Gasteiger charge is 2.19. The van der Waals surface area contributed by atoms with E-state index in [1.165, 1.54) is 12.1 Å². The molecule has 0 aliphatic heterocycles. The van der Waals surface area contributed by atoms with Crippen molar-refractivity contribution in [1.29, 1.82) is 0 Å². The summed E-state index contributed by atoms with van der Waals surface area (Å²) in [6, 6.07) is 20.7. The average Bonchev–Trinajstić information content (AvgIpc) is 2.63. The number of non-ortho nitro benzene ring substituents is 1. The molecule has 3 aromatic rings. The van der Waals surface area contributed by atoms with Crippen LogP contribution in [0.3, 0.4) is 0 Å². The first-order chi connectivity index (χ1) is 12.0. The third-order valence-electron chi connectivity index (χ3n) is 3.66. The molecule has 1 N–H and O–H groups in total. The molecular weight excluding hydrogens is 322 g/mol. The highest BCUT2D eigenvalue weighted by molar-refractivity contribution is 5.73. The van der Waals surface area contributed by atoms with Gasteiger partial charge in [0.15, 0.2) is 0 Å². The molecule has 0 saturated carbocycles. The molecular formula is C18H13N3O4. The summed E-state index contributed by atoms with van der Waals surface area (Å²) in [6.07, 6.45) is 0. The molecule has 3 rings (SSSR count). The summed E-state index contributed by atoms with van der Waals surface area (Å²) in [4.78, 5) is 20.6. The zero-order valence-corrected chi connectivity index (χ0v) is 13.0. The zero-order chi connectivity index (χ0) is 17.8. The lowest BCUT2D eigenvalue weighted by Crippen LogP contribution is -1.98. The van der Waals surface area contributed by atoms with Crippen LogP contribution in [0.2, 0.25) is 0 Å². The van der Waals surface area contributed by atoms with Crippen LogP contribution in [0.5, 0.6) is 0 Å². The standard InChI is InChI=1S/C18H13N3O4/c22-20(23)16-10-11-17(18(12-16)21(24)25)19-15-8-6-14(7-9-15)13-4-2-1-3-5-13/h1-12,19H. The quantitative estimate of drug-likeness (QED) is 0.527. The second-order valence-electron chi connectivity index (χ2n) is 5.28. The van der Waals surface area contributed by atoms with Crippen LogP contribution in [0.15, 0.2) is 72.8 Å². The molecule has 0 atom stereocenters. The number of anilines is 2. The molecule has 124 valence electrons. The van der Waals surface area contributed by atoms with E-state index in [1.54, 1.807) is 12.1 Å². The Labute approximate surface area is 142 Å². The minimum absolute atomic E-state index is 0.197. The van der Waals surface area contributed by atoms with Gasteiger partial charge in [-0.15, -0.1) is 0 Å². The summed E-state index contributed by atoms with van der Waals surface area (Å²) in [7, 11) is 0. The summed E-state index contributed by atoms with van der Waals surface area (Å²) in [5.74, 6) is 0. The van der Waals surface area contributed by atoms with Gasteiger partial charge in [0, 0.05) is 11.8 Å². The predicted molar refractivity (Wildman–Crippen MR) is 94.9 cm³/mol. The van der Waals surface area contributed by atoms with Gasteiger partial charge in [-0.2, -0.15) is 0 Å². The van der Waals surface area contributed by atoms with Crippen molar-refractivity contribution in [3.63, 3.8) is 0 Å². The van der Waals surface area contributed by atoms with Gasteiger partial charge in [0.05, 0.1) is 15.9 Å². The smallest absolute Gasteiger partial charge is 0.299 e. The van der Waals surface area contributed by atoms with Crippen molar-refractivity contribution in [1.82, 2.24) is 0 Å². The molecule has 3 aromatic carbocycles. The fourth-order valence-electron chi connectivity index (χ4n) is 2.42. The van der Waals surface area contributed by atoms with Crippen LogP contribution < -0.4 is 5.32 Å². The third kappa shape index (κ3) is 3.61.